The number of ether oxygens (including phenoxy) is 1. The number of fused-ring (bicyclic) bond motifs is 1. The zero-order valence-corrected chi connectivity index (χ0v) is 16.9. The molecule has 0 aromatic carbocycles. The van der Waals surface area contributed by atoms with Crippen LogP contribution in [0.5, 0.6) is 0 Å². The van der Waals surface area contributed by atoms with Crippen LogP contribution in [-0.4, -0.2) is 73.0 Å². The normalized spacial score (nSPS) is 21.0. The van der Waals surface area contributed by atoms with Crippen molar-refractivity contribution in [1.82, 2.24) is 24.4 Å². The molecule has 1 aliphatic heterocycles. The smallest absolute Gasteiger partial charge is 0.410 e. The molecule has 0 radical (unpaired) electrons. The summed E-state index contributed by atoms with van der Waals surface area (Å²) in [7, 11) is 1.83. The van der Waals surface area contributed by atoms with E-state index in [-0.39, 0.29) is 24.0 Å². The van der Waals surface area contributed by atoms with Crippen molar-refractivity contribution in [3.63, 3.8) is 0 Å². The second kappa shape index (κ2) is 7.12. The van der Waals surface area contributed by atoms with Gasteiger partial charge in [-0.25, -0.2) is 9.78 Å². The molecule has 3 rings (SSSR count). The van der Waals surface area contributed by atoms with E-state index < -0.39 is 11.7 Å². The summed E-state index contributed by atoms with van der Waals surface area (Å²) in [6.45, 7) is 8.04. The second-order valence-corrected chi connectivity index (χ2v) is 8.15. The predicted octanol–water partition coefficient (Wildman–Crippen LogP) is 1.82. The third-order valence-corrected chi connectivity index (χ3v) is 4.64. The number of aryl methyl sites for hydroxylation is 1. The molecular formula is C17H25ClN6O3. The van der Waals surface area contributed by atoms with Gasteiger partial charge in [-0.1, -0.05) is 0 Å². The largest absolute Gasteiger partial charge is 0.444 e. The molecule has 2 atom stereocenters. The molecule has 3 heterocycles. The van der Waals surface area contributed by atoms with E-state index in [0.717, 1.165) is 0 Å². The molecular weight excluding hydrogens is 372 g/mol. The molecule has 0 unspecified atom stereocenters. The van der Waals surface area contributed by atoms with Gasteiger partial charge in [0.1, 0.15) is 5.60 Å². The number of aliphatic hydroxyl groups excluding tert-OH is 1. The summed E-state index contributed by atoms with van der Waals surface area (Å²) in [5.41, 5.74) is 0.644. The molecule has 27 heavy (non-hydrogen) atoms. The SMILES string of the molecule is C[C@@H]1CN(c2nc(Cl)nc3c2ncn3C)[C@@H](CO)CN1C(=O)OC(C)(C)C. The molecule has 1 amide bonds. The Kier molecular flexibility index (Phi) is 5.18. The quantitative estimate of drug-likeness (QED) is 0.773. The highest BCUT2D eigenvalue weighted by Gasteiger charge is 2.37. The van der Waals surface area contributed by atoms with Crippen molar-refractivity contribution in [1.29, 1.82) is 0 Å². The highest BCUT2D eigenvalue weighted by molar-refractivity contribution is 6.28. The average molecular weight is 397 g/mol. The van der Waals surface area contributed by atoms with Gasteiger partial charge < -0.3 is 24.2 Å². The van der Waals surface area contributed by atoms with E-state index >= 15 is 0 Å². The molecule has 10 heteroatoms. The van der Waals surface area contributed by atoms with E-state index in [1.807, 2.05) is 39.6 Å². The first-order chi connectivity index (χ1) is 12.6. The van der Waals surface area contributed by atoms with Gasteiger partial charge in [-0.3, -0.25) is 0 Å². The van der Waals surface area contributed by atoms with Crippen LogP contribution >= 0.6 is 11.6 Å². The third-order valence-electron chi connectivity index (χ3n) is 4.47. The number of rotatable bonds is 2. The van der Waals surface area contributed by atoms with Crippen molar-refractivity contribution in [2.45, 2.75) is 45.4 Å². The summed E-state index contributed by atoms with van der Waals surface area (Å²) in [5, 5.41) is 10.1. The Hall–Kier alpha value is -2.13. The number of aliphatic hydroxyl groups is 1. The lowest BCUT2D eigenvalue weighted by atomic mass is 10.1. The standard InChI is InChI=1S/C17H25ClN6O3/c1-10-6-24(11(8-25)7-23(10)16(26)27-17(2,3)4)14-12-13(20-15(18)21-14)22(5)9-19-12/h9-11,25H,6-8H2,1-5H3/t10-,11-/m1/s1. The number of halogens is 1. The van der Waals surface area contributed by atoms with E-state index in [9.17, 15) is 9.90 Å². The van der Waals surface area contributed by atoms with Crippen molar-refractivity contribution < 1.29 is 14.6 Å². The Labute approximate surface area is 162 Å². The molecule has 1 fully saturated rings. The third kappa shape index (κ3) is 3.93. The summed E-state index contributed by atoms with van der Waals surface area (Å²) >= 11 is 6.11. The number of carbonyl (C=O) groups is 1. The summed E-state index contributed by atoms with van der Waals surface area (Å²) in [6.07, 6.45) is 1.25. The molecule has 2 aromatic rings. The van der Waals surface area contributed by atoms with Gasteiger partial charge in [-0.2, -0.15) is 9.97 Å². The van der Waals surface area contributed by atoms with Crippen LogP contribution in [0.4, 0.5) is 10.6 Å². The number of nitrogens with zero attached hydrogens (tertiary/aromatic N) is 6. The zero-order valence-electron chi connectivity index (χ0n) is 16.2. The average Bonchev–Trinajstić information content (AvgIpc) is 2.93. The first kappa shape index (κ1) is 19.6. The van der Waals surface area contributed by atoms with Crippen LogP contribution in [0.2, 0.25) is 5.28 Å². The van der Waals surface area contributed by atoms with Crippen molar-refractivity contribution in [3.05, 3.63) is 11.6 Å². The van der Waals surface area contributed by atoms with Gasteiger partial charge in [-0.05, 0) is 39.3 Å². The molecule has 1 aliphatic rings. The minimum Gasteiger partial charge on any atom is -0.444 e. The Balaban J connectivity index is 1.92. The zero-order chi connectivity index (χ0) is 19.9. The lowest BCUT2D eigenvalue weighted by Gasteiger charge is -2.45. The van der Waals surface area contributed by atoms with Gasteiger partial charge in [0.15, 0.2) is 17.0 Å². The number of piperazine rings is 1. The van der Waals surface area contributed by atoms with E-state index in [2.05, 4.69) is 15.0 Å². The number of amides is 1. The molecule has 1 saturated heterocycles. The number of aromatic nitrogens is 4. The molecule has 1 N–H and O–H groups in total. The lowest BCUT2D eigenvalue weighted by Crippen LogP contribution is -2.61. The van der Waals surface area contributed by atoms with Gasteiger partial charge in [0.2, 0.25) is 5.28 Å². The first-order valence-electron chi connectivity index (χ1n) is 8.82. The Morgan fingerprint density at radius 1 is 1.37 bits per heavy atom. The molecule has 148 valence electrons. The Morgan fingerprint density at radius 2 is 2.07 bits per heavy atom. The minimum atomic E-state index is -0.580. The van der Waals surface area contributed by atoms with E-state index in [1.165, 1.54) is 0 Å². The lowest BCUT2D eigenvalue weighted by molar-refractivity contribution is 0.0103. The van der Waals surface area contributed by atoms with Crippen LogP contribution in [0.1, 0.15) is 27.7 Å². The summed E-state index contributed by atoms with van der Waals surface area (Å²) < 4.78 is 7.26. The van der Waals surface area contributed by atoms with Crippen LogP contribution in [0.15, 0.2) is 6.33 Å². The van der Waals surface area contributed by atoms with Crippen molar-refractivity contribution >= 4 is 34.7 Å². The molecule has 0 saturated carbocycles. The number of anilines is 1. The van der Waals surface area contributed by atoms with Crippen molar-refractivity contribution in [3.8, 4) is 0 Å². The summed E-state index contributed by atoms with van der Waals surface area (Å²) in [6, 6.07) is -0.500. The van der Waals surface area contributed by atoms with Crippen molar-refractivity contribution in [2.24, 2.45) is 7.05 Å². The van der Waals surface area contributed by atoms with E-state index in [4.69, 9.17) is 16.3 Å². The van der Waals surface area contributed by atoms with Gasteiger partial charge in [0, 0.05) is 26.2 Å². The maximum atomic E-state index is 12.5. The number of hydrogen-bond donors (Lipinski definition) is 1. The Bertz CT molecular complexity index is 849. The molecule has 9 nitrogen and oxygen atoms in total. The fourth-order valence-electron chi connectivity index (χ4n) is 3.19. The summed E-state index contributed by atoms with van der Waals surface area (Å²) in [4.78, 5) is 29.1. The molecule has 0 spiro atoms. The number of hydrogen-bond acceptors (Lipinski definition) is 7. The minimum absolute atomic E-state index is 0.111. The van der Waals surface area contributed by atoms with Crippen LogP contribution in [0.3, 0.4) is 0 Å². The highest BCUT2D eigenvalue weighted by atomic mass is 35.5. The number of carbonyl (C=O) groups excluding carboxylic acids is 1. The fraction of sp³-hybridized carbons (Fsp3) is 0.647. The maximum Gasteiger partial charge on any atom is 0.410 e. The predicted molar refractivity (Wildman–Crippen MR) is 102 cm³/mol. The molecule has 0 aliphatic carbocycles. The molecule has 2 aromatic heterocycles. The highest BCUT2D eigenvalue weighted by Crippen LogP contribution is 2.29. The van der Waals surface area contributed by atoms with Crippen LogP contribution in [0.25, 0.3) is 11.2 Å². The van der Waals surface area contributed by atoms with Gasteiger partial charge in [0.05, 0.1) is 19.0 Å². The number of imidazole rings is 1. The molecule has 0 bridgehead atoms. The van der Waals surface area contributed by atoms with Gasteiger partial charge >= 0.3 is 6.09 Å². The van der Waals surface area contributed by atoms with Crippen LogP contribution in [0, 0.1) is 0 Å². The summed E-state index contributed by atoms with van der Waals surface area (Å²) in [5.74, 6) is 0.556. The topological polar surface area (TPSA) is 96.6 Å². The van der Waals surface area contributed by atoms with Crippen LogP contribution < -0.4 is 4.90 Å². The van der Waals surface area contributed by atoms with E-state index in [0.29, 0.717) is 30.1 Å². The maximum absolute atomic E-state index is 12.5. The fourth-order valence-corrected chi connectivity index (χ4v) is 3.36. The van der Waals surface area contributed by atoms with Gasteiger partial charge in [-0.15, -0.1) is 0 Å². The Morgan fingerprint density at radius 3 is 2.70 bits per heavy atom. The van der Waals surface area contributed by atoms with E-state index in [1.54, 1.807) is 15.8 Å². The monoisotopic (exact) mass is 396 g/mol. The first-order valence-corrected chi connectivity index (χ1v) is 9.20. The van der Waals surface area contributed by atoms with Crippen LogP contribution in [-0.2, 0) is 11.8 Å². The van der Waals surface area contributed by atoms with Crippen molar-refractivity contribution in [2.75, 3.05) is 24.6 Å². The second-order valence-electron chi connectivity index (χ2n) is 7.81. The van der Waals surface area contributed by atoms with Gasteiger partial charge in [0.25, 0.3) is 0 Å².